The van der Waals surface area contributed by atoms with E-state index in [0.717, 1.165) is 17.9 Å². The number of aryl methyl sites for hydroxylation is 1. The van der Waals surface area contributed by atoms with E-state index in [1.807, 2.05) is 37.5 Å². The van der Waals surface area contributed by atoms with Gasteiger partial charge in [0.25, 0.3) is 0 Å². The van der Waals surface area contributed by atoms with E-state index in [2.05, 4.69) is 17.3 Å². The summed E-state index contributed by atoms with van der Waals surface area (Å²) in [6.07, 6.45) is 2.83. The van der Waals surface area contributed by atoms with Gasteiger partial charge in [-0.05, 0) is 18.6 Å². The first-order valence-corrected chi connectivity index (χ1v) is 5.98. The summed E-state index contributed by atoms with van der Waals surface area (Å²) < 4.78 is 7.31. The molecule has 0 aliphatic heterocycles. The molecule has 18 heavy (non-hydrogen) atoms. The van der Waals surface area contributed by atoms with Crippen molar-refractivity contribution in [2.75, 3.05) is 17.7 Å². The van der Waals surface area contributed by atoms with Gasteiger partial charge in [-0.1, -0.05) is 13.0 Å². The minimum Gasteiger partial charge on any atom is -0.491 e. The van der Waals surface area contributed by atoms with E-state index in [-0.39, 0.29) is 0 Å². The van der Waals surface area contributed by atoms with Crippen LogP contribution in [0.2, 0.25) is 0 Å². The van der Waals surface area contributed by atoms with Crippen LogP contribution in [-0.2, 0) is 7.05 Å². The molecule has 0 radical (unpaired) electrons. The summed E-state index contributed by atoms with van der Waals surface area (Å²) in [6.45, 7) is 2.73. The topological polar surface area (TPSA) is 65.1 Å². The van der Waals surface area contributed by atoms with Gasteiger partial charge in [-0.3, -0.25) is 4.68 Å². The molecule has 0 saturated heterocycles. The number of aromatic nitrogens is 2. The minimum atomic E-state index is 0.608. The molecular weight excluding hydrogens is 228 g/mol. The van der Waals surface area contributed by atoms with E-state index in [9.17, 15) is 0 Å². The van der Waals surface area contributed by atoms with Crippen LogP contribution in [0.25, 0.3) is 0 Å². The number of hydrogen-bond donors (Lipinski definition) is 2. The fraction of sp³-hybridized carbons (Fsp3) is 0.308. The van der Waals surface area contributed by atoms with E-state index in [1.54, 1.807) is 4.68 Å². The van der Waals surface area contributed by atoms with E-state index >= 15 is 0 Å². The fourth-order valence-electron chi connectivity index (χ4n) is 1.61. The molecule has 96 valence electrons. The highest BCUT2D eigenvalue weighted by Gasteiger charge is 2.07. The summed E-state index contributed by atoms with van der Waals surface area (Å²) in [7, 11) is 1.87. The maximum atomic E-state index is 6.06. The summed E-state index contributed by atoms with van der Waals surface area (Å²) in [5, 5.41) is 7.42. The summed E-state index contributed by atoms with van der Waals surface area (Å²) in [6, 6.07) is 7.57. The summed E-state index contributed by atoms with van der Waals surface area (Å²) >= 11 is 0. The summed E-state index contributed by atoms with van der Waals surface area (Å²) in [4.78, 5) is 0. The first-order chi connectivity index (χ1) is 8.70. The Morgan fingerprint density at radius 2 is 2.22 bits per heavy atom. The predicted octanol–water partition coefficient (Wildman–Crippen LogP) is 2.53. The van der Waals surface area contributed by atoms with Gasteiger partial charge in [-0.2, -0.15) is 5.10 Å². The molecule has 0 unspecified atom stereocenters. The molecule has 2 rings (SSSR count). The van der Waals surface area contributed by atoms with E-state index in [4.69, 9.17) is 10.5 Å². The zero-order valence-electron chi connectivity index (χ0n) is 10.7. The van der Waals surface area contributed by atoms with Gasteiger partial charge in [0.1, 0.15) is 5.75 Å². The Bertz CT molecular complexity index is 521. The standard InChI is InChI=1S/C13H18N4O/c1-3-9-18-11-6-4-5-10(13(11)14)15-12-7-8-17(2)16-12/h4-8H,3,9,14H2,1-2H3,(H,15,16). The van der Waals surface area contributed by atoms with Crippen LogP contribution < -0.4 is 15.8 Å². The molecule has 5 nitrogen and oxygen atoms in total. The van der Waals surface area contributed by atoms with Crippen molar-refractivity contribution in [1.82, 2.24) is 9.78 Å². The van der Waals surface area contributed by atoms with Crippen LogP contribution in [0, 0.1) is 0 Å². The van der Waals surface area contributed by atoms with Gasteiger partial charge in [0.05, 0.1) is 18.0 Å². The molecule has 1 heterocycles. The number of rotatable bonds is 5. The third-order valence-electron chi connectivity index (χ3n) is 2.50. The number of nitrogen functional groups attached to an aromatic ring is 1. The Kier molecular flexibility index (Phi) is 3.72. The SMILES string of the molecule is CCCOc1cccc(Nc2ccn(C)n2)c1N. The third-order valence-corrected chi connectivity index (χ3v) is 2.50. The Balaban J connectivity index is 2.17. The zero-order chi connectivity index (χ0) is 13.0. The summed E-state index contributed by atoms with van der Waals surface area (Å²) in [5.74, 6) is 1.47. The van der Waals surface area contributed by atoms with Gasteiger partial charge in [-0.15, -0.1) is 0 Å². The minimum absolute atomic E-state index is 0.608. The van der Waals surface area contributed by atoms with Crippen molar-refractivity contribution in [3.63, 3.8) is 0 Å². The van der Waals surface area contributed by atoms with Gasteiger partial charge >= 0.3 is 0 Å². The number of nitrogens with two attached hydrogens (primary N) is 1. The average molecular weight is 246 g/mol. The molecule has 0 atom stereocenters. The smallest absolute Gasteiger partial charge is 0.152 e. The number of hydrogen-bond acceptors (Lipinski definition) is 4. The molecule has 3 N–H and O–H groups in total. The average Bonchev–Trinajstić information content (AvgIpc) is 2.76. The number of nitrogens with one attached hydrogen (secondary N) is 1. The molecule has 0 aliphatic rings. The maximum Gasteiger partial charge on any atom is 0.152 e. The molecule has 1 aromatic carbocycles. The fourth-order valence-corrected chi connectivity index (χ4v) is 1.61. The lowest BCUT2D eigenvalue weighted by molar-refractivity contribution is 0.319. The lowest BCUT2D eigenvalue weighted by Gasteiger charge is -2.12. The Hall–Kier alpha value is -2.17. The highest BCUT2D eigenvalue weighted by Crippen LogP contribution is 2.31. The highest BCUT2D eigenvalue weighted by atomic mass is 16.5. The molecule has 0 amide bonds. The first-order valence-electron chi connectivity index (χ1n) is 5.98. The van der Waals surface area contributed by atoms with Crippen molar-refractivity contribution >= 4 is 17.2 Å². The Morgan fingerprint density at radius 3 is 2.89 bits per heavy atom. The molecule has 2 aromatic rings. The van der Waals surface area contributed by atoms with E-state index < -0.39 is 0 Å². The van der Waals surface area contributed by atoms with Gasteiger partial charge in [-0.25, -0.2) is 0 Å². The second-order valence-electron chi connectivity index (χ2n) is 4.07. The number of ether oxygens (including phenoxy) is 1. The van der Waals surface area contributed by atoms with Crippen LogP contribution in [0.5, 0.6) is 5.75 Å². The third kappa shape index (κ3) is 2.74. The van der Waals surface area contributed by atoms with Crippen molar-refractivity contribution < 1.29 is 4.74 Å². The molecule has 0 spiro atoms. The van der Waals surface area contributed by atoms with Crippen LogP contribution in [0.3, 0.4) is 0 Å². The van der Waals surface area contributed by atoms with Crippen LogP contribution in [0.15, 0.2) is 30.5 Å². The van der Waals surface area contributed by atoms with Crippen LogP contribution >= 0.6 is 0 Å². The molecule has 0 bridgehead atoms. The Morgan fingerprint density at radius 1 is 1.39 bits per heavy atom. The molecular formula is C13H18N4O. The van der Waals surface area contributed by atoms with Gasteiger partial charge < -0.3 is 15.8 Å². The number of anilines is 3. The van der Waals surface area contributed by atoms with Crippen molar-refractivity contribution in [2.24, 2.45) is 7.05 Å². The van der Waals surface area contributed by atoms with Crippen molar-refractivity contribution in [3.05, 3.63) is 30.5 Å². The first kappa shape index (κ1) is 12.3. The lowest BCUT2D eigenvalue weighted by Crippen LogP contribution is -2.02. The highest BCUT2D eigenvalue weighted by molar-refractivity contribution is 5.76. The monoisotopic (exact) mass is 246 g/mol. The number of nitrogens with zero attached hydrogens (tertiary/aromatic N) is 2. The summed E-state index contributed by atoms with van der Waals surface area (Å²) in [5.41, 5.74) is 7.47. The Labute approximate surface area is 107 Å². The van der Waals surface area contributed by atoms with Crippen LogP contribution in [0.1, 0.15) is 13.3 Å². The van der Waals surface area contributed by atoms with Crippen molar-refractivity contribution in [1.29, 1.82) is 0 Å². The molecule has 0 aliphatic carbocycles. The largest absolute Gasteiger partial charge is 0.491 e. The van der Waals surface area contributed by atoms with E-state index in [0.29, 0.717) is 18.0 Å². The van der Waals surface area contributed by atoms with E-state index in [1.165, 1.54) is 0 Å². The maximum absolute atomic E-state index is 6.06. The normalized spacial score (nSPS) is 10.3. The quantitative estimate of drug-likeness (QED) is 0.796. The molecule has 1 aromatic heterocycles. The zero-order valence-corrected chi connectivity index (χ0v) is 10.7. The van der Waals surface area contributed by atoms with Crippen molar-refractivity contribution in [2.45, 2.75) is 13.3 Å². The lowest BCUT2D eigenvalue weighted by atomic mass is 10.2. The number of benzene rings is 1. The van der Waals surface area contributed by atoms with Gasteiger partial charge in [0.2, 0.25) is 0 Å². The molecule has 5 heteroatoms. The van der Waals surface area contributed by atoms with Gasteiger partial charge in [0, 0.05) is 19.3 Å². The second kappa shape index (κ2) is 5.44. The van der Waals surface area contributed by atoms with Crippen LogP contribution in [0.4, 0.5) is 17.2 Å². The van der Waals surface area contributed by atoms with Crippen molar-refractivity contribution in [3.8, 4) is 5.75 Å². The predicted molar refractivity (Wildman–Crippen MR) is 73.1 cm³/mol. The number of para-hydroxylation sites is 1. The molecule has 0 fully saturated rings. The molecule has 0 saturated carbocycles. The van der Waals surface area contributed by atoms with Crippen LogP contribution in [-0.4, -0.2) is 16.4 Å². The van der Waals surface area contributed by atoms with Gasteiger partial charge in [0.15, 0.2) is 5.82 Å². The second-order valence-corrected chi connectivity index (χ2v) is 4.07.